The van der Waals surface area contributed by atoms with Crippen molar-refractivity contribution in [2.75, 3.05) is 7.05 Å². The molecule has 0 atom stereocenters. The molecule has 0 saturated carbocycles. The number of carbonyl (C=O) groups excluding carboxylic acids is 1. The molecule has 0 bridgehead atoms. The summed E-state index contributed by atoms with van der Waals surface area (Å²) in [4.78, 5) is 19.8. The first-order valence-electron chi connectivity index (χ1n) is 9.43. The number of rotatable bonds is 4. The molecular weight excluding hydrogens is 336 g/mol. The standard InChI is InChI=1S/C22H28N4O/c1-13(2)25(7)22(27)19-10-20(17-11-23-26(12-17)14(3)4)24-21-16(6)15(5)8-9-18(19)21/h8-14H,1-7H3. The normalized spacial score (nSPS) is 11.6. The predicted molar refractivity (Wildman–Crippen MR) is 110 cm³/mol. The van der Waals surface area contributed by atoms with E-state index < -0.39 is 0 Å². The fourth-order valence-corrected chi connectivity index (χ4v) is 3.03. The van der Waals surface area contributed by atoms with Crippen molar-refractivity contribution in [3.63, 3.8) is 0 Å². The van der Waals surface area contributed by atoms with Crippen LogP contribution in [0.4, 0.5) is 0 Å². The molecule has 0 aliphatic carbocycles. The maximum Gasteiger partial charge on any atom is 0.254 e. The number of carbonyl (C=O) groups is 1. The molecule has 5 heteroatoms. The maximum absolute atomic E-state index is 13.2. The Hall–Kier alpha value is -2.69. The maximum atomic E-state index is 13.2. The Morgan fingerprint density at radius 2 is 1.85 bits per heavy atom. The highest BCUT2D eigenvalue weighted by atomic mass is 16.2. The Morgan fingerprint density at radius 1 is 1.15 bits per heavy atom. The van der Waals surface area contributed by atoms with E-state index >= 15 is 0 Å². The van der Waals surface area contributed by atoms with Gasteiger partial charge in [0.1, 0.15) is 0 Å². The molecule has 1 amide bonds. The Kier molecular flexibility index (Phi) is 5.05. The first-order valence-corrected chi connectivity index (χ1v) is 9.43. The summed E-state index contributed by atoms with van der Waals surface area (Å²) in [5.41, 5.74) is 5.54. The van der Waals surface area contributed by atoms with Crippen molar-refractivity contribution in [1.82, 2.24) is 19.7 Å². The Balaban J connectivity index is 2.26. The van der Waals surface area contributed by atoms with Gasteiger partial charge in [0.2, 0.25) is 0 Å². The SMILES string of the molecule is Cc1ccc2c(C(=O)N(C)C(C)C)cc(-c3cnn(C(C)C)c3)nc2c1C. The fraction of sp³-hybridized carbons (Fsp3) is 0.409. The van der Waals surface area contributed by atoms with Crippen molar-refractivity contribution in [3.05, 3.63) is 47.3 Å². The molecule has 5 nitrogen and oxygen atoms in total. The minimum absolute atomic E-state index is 0.0122. The van der Waals surface area contributed by atoms with Crippen LogP contribution in [0.3, 0.4) is 0 Å². The quantitative estimate of drug-likeness (QED) is 0.670. The zero-order valence-corrected chi connectivity index (χ0v) is 17.2. The van der Waals surface area contributed by atoms with Gasteiger partial charge in [-0.3, -0.25) is 9.48 Å². The number of fused-ring (bicyclic) bond motifs is 1. The summed E-state index contributed by atoms with van der Waals surface area (Å²) in [7, 11) is 1.84. The molecule has 0 N–H and O–H groups in total. The highest BCUT2D eigenvalue weighted by molar-refractivity contribution is 6.08. The summed E-state index contributed by atoms with van der Waals surface area (Å²) in [6.45, 7) is 12.3. The average molecular weight is 364 g/mol. The lowest BCUT2D eigenvalue weighted by Gasteiger charge is -2.23. The van der Waals surface area contributed by atoms with Crippen LogP contribution in [0, 0.1) is 13.8 Å². The molecule has 0 aliphatic rings. The van der Waals surface area contributed by atoms with E-state index in [0.717, 1.165) is 27.7 Å². The molecule has 2 aromatic heterocycles. The van der Waals surface area contributed by atoms with Gasteiger partial charge in [0.05, 0.1) is 23.0 Å². The molecule has 27 heavy (non-hydrogen) atoms. The zero-order chi connectivity index (χ0) is 19.9. The van der Waals surface area contributed by atoms with Gasteiger partial charge < -0.3 is 4.90 Å². The summed E-state index contributed by atoms with van der Waals surface area (Å²) in [5.74, 6) is 0.0122. The lowest BCUT2D eigenvalue weighted by Crippen LogP contribution is -2.33. The number of pyridine rings is 1. The van der Waals surface area contributed by atoms with Crippen LogP contribution in [-0.2, 0) is 0 Å². The molecule has 3 aromatic rings. The monoisotopic (exact) mass is 364 g/mol. The van der Waals surface area contributed by atoms with Crippen LogP contribution in [0.15, 0.2) is 30.6 Å². The van der Waals surface area contributed by atoms with E-state index in [1.165, 1.54) is 5.56 Å². The smallest absolute Gasteiger partial charge is 0.254 e. The van der Waals surface area contributed by atoms with Crippen LogP contribution in [0.1, 0.15) is 55.2 Å². The van der Waals surface area contributed by atoms with E-state index in [-0.39, 0.29) is 18.0 Å². The third-order valence-corrected chi connectivity index (χ3v) is 5.26. The molecule has 0 radical (unpaired) electrons. The van der Waals surface area contributed by atoms with Gasteiger partial charge in [-0.2, -0.15) is 5.10 Å². The van der Waals surface area contributed by atoms with Crippen molar-refractivity contribution in [2.45, 2.75) is 53.6 Å². The lowest BCUT2D eigenvalue weighted by molar-refractivity contribution is 0.0757. The summed E-state index contributed by atoms with van der Waals surface area (Å²) in [6, 6.07) is 6.37. The van der Waals surface area contributed by atoms with Gasteiger partial charge in [-0.25, -0.2) is 4.98 Å². The first-order chi connectivity index (χ1) is 12.7. The molecule has 0 aliphatic heterocycles. The second-order valence-electron chi connectivity index (χ2n) is 7.77. The van der Waals surface area contributed by atoms with Gasteiger partial charge in [0.25, 0.3) is 5.91 Å². The molecule has 0 fully saturated rings. The minimum atomic E-state index is 0.0122. The lowest BCUT2D eigenvalue weighted by atomic mass is 9.99. The third-order valence-electron chi connectivity index (χ3n) is 5.26. The van der Waals surface area contributed by atoms with Crippen LogP contribution in [0.25, 0.3) is 22.2 Å². The number of benzene rings is 1. The Bertz CT molecular complexity index is 1000. The predicted octanol–water partition coefficient (Wildman–Crippen LogP) is 4.78. The number of aromatic nitrogens is 3. The Morgan fingerprint density at radius 3 is 2.44 bits per heavy atom. The van der Waals surface area contributed by atoms with Gasteiger partial charge in [0, 0.05) is 36.3 Å². The van der Waals surface area contributed by atoms with E-state index in [1.54, 1.807) is 4.90 Å². The molecular formula is C22H28N4O. The van der Waals surface area contributed by atoms with Crippen LogP contribution in [0.5, 0.6) is 0 Å². The Labute approximate surface area is 161 Å². The van der Waals surface area contributed by atoms with Gasteiger partial charge in [0.15, 0.2) is 0 Å². The largest absolute Gasteiger partial charge is 0.339 e. The first kappa shape index (κ1) is 19.1. The zero-order valence-electron chi connectivity index (χ0n) is 17.2. The summed E-state index contributed by atoms with van der Waals surface area (Å²) >= 11 is 0. The van der Waals surface area contributed by atoms with Crippen LogP contribution < -0.4 is 0 Å². The summed E-state index contributed by atoms with van der Waals surface area (Å²) in [5, 5.41) is 5.33. The van der Waals surface area contributed by atoms with Gasteiger partial charge >= 0.3 is 0 Å². The topological polar surface area (TPSA) is 51.0 Å². The number of aryl methyl sites for hydroxylation is 2. The number of amides is 1. The van der Waals surface area contributed by atoms with E-state index in [4.69, 9.17) is 4.98 Å². The van der Waals surface area contributed by atoms with E-state index in [1.807, 2.05) is 50.1 Å². The fourth-order valence-electron chi connectivity index (χ4n) is 3.03. The molecule has 3 rings (SSSR count). The van der Waals surface area contributed by atoms with Gasteiger partial charge in [-0.05, 0) is 58.7 Å². The van der Waals surface area contributed by atoms with E-state index in [0.29, 0.717) is 5.56 Å². The van der Waals surface area contributed by atoms with Crippen molar-refractivity contribution < 1.29 is 4.79 Å². The van der Waals surface area contributed by atoms with Gasteiger partial charge in [-0.1, -0.05) is 12.1 Å². The van der Waals surface area contributed by atoms with E-state index in [9.17, 15) is 4.79 Å². The molecule has 0 saturated heterocycles. The molecule has 1 aromatic carbocycles. The second-order valence-corrected chi connectivity index (χ2v) is 7.77. The average Bonchev–Trinajstić information content (AvgIpc) is 3.13. The minimum Gasteiger partial charge on any atom is -0.339 e. The summed E-state index contributed by atoms with van der Waals surface area (Å²) < 4.78 is 1.91. The molecule has 0 spiro atoms. The molecule has 142 valence electrons. The highest BCUT2D eigenvalue weighted by Crippen LogP contribution is 2.29. The molecule has 2 heterocycles. The van der Waals surface area contributed by atoms with Crippen molar-refractivity contribution in [3.8, 4) is 11.3 Å². The van der Waals surface area contributed by atoms with Crippen LogP contribution in [-0.4, -0.2) is 38.7 Å². The molecule has 0 unspecified atom stereocenters. The van der Waals surface area contributed by atoms with Crippen molar-refractivity contribution >= 4 is 16.8 Å². The highest BCUT2D eigenvalue weighted by Gasteiger charge is 2.20. The van der Waals surface area contributed by atoms with Crippen LogP contribution >= 0.6 is 0 Å². The number of nitrogens with zero attached hydrogens (tertiary/aromatic N) is 4. The number of hydrogen-bond acceptors (Lipinski definition) is 3. The summed E-state index contributed by atoms with van der Waals surface area (Å²) in [6.07, 6.45) is 3.81. The van der Waals surface area contributed by atoms with Crippen LogP contribution in [0.2, 0.25) is 0 Å². The third kappa shape index (κ3) is 3.46. The van der Waals surface area contributed by atoms with Gasteiger partial charge in [-0.15, -0.1) is 0 Å². The van der Waals surface area contributed by atoms with E-state index in [2.05, 4.69) is 38.9 Å². The van der Waals surface area contributed by atoms with Crippen molar-refractivity contribution in [1.29, 1.82) is 0 Å². The second kappa shape index (κ2) is 7.14. The number of hydrogen-bond donors (Lipinski definition) is 0. The van der Waals surface area contributed by atoms with Crippen molar-refractivity contribution in [2.24, 2.45) is 0 Å².